The van der Waals surface area contributed by atoms with Crippen molar-refractivity contribution in [3.63, 3.8) is 0 Å². The van der Waals surface area contributed by atoms with Gasteiger partial charge in [-0.05, 0) is 29.8 Å². The highest BCUT2D eigenvalue weighted by molar-refractivity contribution is 5.98. The molecule has 1 aliphatic rings. The van der Waals surface area contributed by atoms with E-state index in [0.29, 0.717) is 0 Å². The quantitative estimate of drug-likeness (QED) is 0.533. The molecule has 0 bridgehead atoms. The molecule has 0 aromatic heterocycles. The maximum absolute atomic E-state index is 13.7. The molecule has 2 aromatic carbocycles. The number of allylic oxidation sites excluding steroid dienone is 1. The van der Waals surface area contributed by atoms with Crippen LogP contribution in [0.1, 0.15) is 0 Å². The third kappa shape index (κ3) is 3.17. The standard InChI is InChI=1S/C17H10F6N2/c1-25(7-6-16(24-25)17(21,22)23)15-9-11(18)3-4-12(15)10-2-5-13(19)14(20)8-10/h2-5,7-9H,1H3/q+1. The van der Waals surface area contributed by atoms with Crippen molar-refractivity contribution in [2.24, 2.45) is 5.10 Å². The lowest BCUT2D eigenvalue weighted by molar-refractivity contribution is -0.0584. The number of quaternary nitrogens is 1. The predicted octanol–water partition coefficient (Wildman–Crippen LogP) is 4.96. The van der Waals surface area contributed by atoms with Gasteiger partial charge < -0.3 is 0 Å². The van der Waals surface area contributed by atoms with E-state index in [0.717, 1.165) is 30.5 Å². The van der Waals surface area contributed by atoms with Crippen molar-refractivity contribution in [1.82, 2.24) is 4.59 Å². The molecule has 1 aliphatic heterocycles. The van der Waals surface area contributed by atoms with E-state index < -0.39 is 33.9 Å². The van der Waals surface area contributed by atoms with E-state index in [9.17, 15) is 26.3 Å². The Morgan fingerprint density at radius 2 is 1.68 bits per heavy atom. The maximum atomic E-state index is 13.7. The molecule has 0 N–H and O–H groups in total. The Balaban J connectivity index is 2.17. The van der Waals surface area contributed by atoms with Crippen molar-refractivity contribution in [3.8, 4) is 11.1 Å². The molecule has 0 amide bonds. The fourth-order valence-electron chi connectivity index (χ4n) is 2.50. The molecule has 3 rings (SSSR count). The van der Waals surface area contributed by atoms with Crippen LogP contribution in [0.15, 0.2) is 47.7 Å². The molecule has 129 valence electrons. The van der Waals surface area contributed by atoms with Gasteiger partial charge in [-0.15, -0.1) is 4.59 Å². The third-order valence-electron chi connectivity index (χ3n) is 3.71. The summed E-state index contributed by atoms with van der Waals surface area (Å²) < 4.78 is 78.1. The van der Waals surface area contributed by atoms with Crippen LogP contribution in [0, 0.1) is 23.5 Å². The van der Waals surface area contributed by atoms with Crippen molar-refractivity contribution < 1.29 is 26.3 Å². The molecule has 1 heterocycles. The summed E-state index contributed by atoms with van der Waals surface area (Å²) >= 11 is 0. The molecule has 1 atom stereocenters. The Morgan fingerprint density at radius 1 is 0.960 bits per heavy atom. The van der Waals surface area contributed by atoms with E-state index in [1.165, 1.54) is 19.2 Å². The minimum absolute atomic E-state index is 0.0257. The smallest absolute Gasteiger partial charge is 0.207 e. The minimum Gasteiger partial charge on any atom is -0.207 e. The lowest BCUT2D eigenvalue weighted by atomic mass is 10.0. The average molecular weight is 356 g/mol. The van der Waals surface area contributed by atoms with Gasteiger partial charge >= 0.3 is 6.18 Å². The van der Waals surface area contributed by atoms with Crippen LogP contribution in [0.2, 0.25) is 0 Å². The first-order valence-electron chi connectivity index (χ1n) is 7.00. The molecule has 0 aliphatic carbocycles. The lowest BCUT2D eigenvalue weighted by Gasteiger charge is -2.23. The molecule has 2 aromatic rings. The fourth-order valence-corrected chi connectivity index (χ4v) is 2.50. The van der Waals surface area contributed by atoms with E-state index in [1.807, 2.05) is 6.08 Å². The summed E-state index contributed by atoms with van der Waals surface area (Å²) in [7, 11) is 1.30. The van der Waals surface area contributed by atoms with Crippen molar-refractivity contribution in [2.75, 3.05) is 7.05 Å². The monoisotopic (exact) mass is 356 g/mol. The first-order valence-corrected chi connectivity index (χ1v) is 7.00. The summed E-state index contributed by atoms with van der Waals surface area (Å²) in [6.45, 7) is 0. The molecule has 25 heavy (non-hydrogen) atoms. The number of nitrogens with zero attached hydrogens (tertiary/aromatic N) is 2. The molecule has 0 saturated heterocycles. The summed E-state index contributed by atoms with van der Waals surface area (Å²) in [5.41, 5.74) is -0.821. The summed E-state index contributed by atoms with van der Waals surface area (Å²) in [6, 6.07) is 6.36. The lowest BCUT2D eigenvalue weighted by Crippen LogP contribution is -2.33. The van der Waals surface area contributed by atoms with Crippen LogP contribution in [-0.4, -0.2) is 18.9 Å². The molecule has 1 radical (unpaired) electrons. The molecule has 0 saturated carbocycles. The zero-order chi connectivity index (χ0) is 18.4. The number of alkyl halides is 3. The number of rotatable bonds is 2. The van der Waals surface area contributed by atoms with E-state index in [1.54, 1.807) is 0 Å². The van der Waals surface area contributed by atoms with E-state index in [2.05, 4.69) is 5.10 Å². The Labute approximate surface area is 138 Å². The number of benzene rings is 2. The van der Waals surface area contributed by atoms with Crippen LogP contribution < -0.4 is 4.59 Å². The van der Waals surface area contributed by atoms with Gasteiger partial charge in [0.2, 0.25) is 5.71 Å². The van der Waals surface area contributed by atoms with Gasteiger partial charge in [0, 0.05) is 11.6 Å². The number of hydrogen-bond donors (Lipinski definition) is 0. The Kier molecular flexibility index (Phi) is 3.95. The normalized spacial score (nSPS) is 20.0. The fraction of sp³-hybridized carbons (Fsp3) is 0.118. The van der Waals surface area contributed by atoms with Gasteiger partial charge in [-0.2, -0.15) is 13.2 Å². The van der Waals surface area contributed by atoms with Crippen LogP contribution in [0.25, 0.3) is 11.1 Å². The highest BCUT2D eigenvalue weighted by Crippen LogP contribution is 2.38. The van der Waals surface area contributed by atoms with Crippen molar-refractivity contribution in [2.45, 2.75) is 6.18 Å². The van der Waals surface area contributed by atoms with Crippen LogP contribution in [0.5, 0.6) is 0 Å². The minimum atomic E-state index is -4.71. The molecule has 0 fully saturated rings. The zero-order valence-electron chi connectivity index (χ0n) is 12.7. The zero-order valence-corrected chi connectivity index (χ0v) is 12.7. The summed E-state index contributed by atoms with van der Waals surface area (Å²) in [5.74, 6) is -2.90. The van der Waals surface area contributed by atoms with Crippen LogP contribution in [0.3, 0.4) is 0 Å². The van der Waals surface area contributed by atoms with Crippen LogP contribution in [0.4, 0.5) is 32.0 Å². The van der Waals surface area contributed by atoms with E-state index in [4.69, 9.17) is 0 Å². The van der Waals surface area contributed by atoms with Crippen LogP contribution >= 0.6 is 0 Å². The van der Waals surface area contributed by atoms with E-state index in [-0.39, 0.29) is 16.8 Å². The second-order valence-corrected chi connectivity index (χ2v) is 5.54. The largest absolute Gasteiger partial charge is 0.439 e. The Morgan fingerprint density at radius 3 is 2.28 bits per heavy atom. The van der Waals surface area contributed by atoms with Gasteiger partial charge in [-0.1, -0.05) is 11.2 Å². The summed E-state index contributed by atoms with van der Waals surface area (Å²) in [6.07, 6.45) is -1.67. The second-order valence-electron chi connectivity index (χ2n) is 5.54. The maximum Gasteiger partial charge on any atom is 0.439 e. The van der Waals surface area contributed by atoms with E-state index >= 15 is 0 Å². The molecular weight excluding hydrogens is 346 g/mol. The second kappa shape index (κ2) is 5.73. The summed E-state index contributed by atoms with van der Waals surface area (Å²) in [5, 5.41) is 3.56. The third-order valence-corrected chi connectivity index (χ3v) is 3.71. The molecule has 2 nitrogen and oxygen atoms in total. The van der Waals surface area contributed by atoms with Gasteiger partial charge in [0.1, 0.15) is 19.1 Å². The van der Waals surface area contributed by atoms with Crippen LogP contribution in [-0.2, 0) is 0 Å². The highest BCUT2D eigenvalue weighted by Gasteiger charge is 2.43. The Bertz CT molecular complexity index is 900. The van der Waals surface area contributed by atoms with Gasteiger partial charge in [-0.3, -0.25) is 0 Å². The molecule has 8 heteroatoms. The van der Waals surface area contributed by atoms with Gasteiger partial charge in [0.15, 0.2) is 17.3 Å². The molecular formula is C17H10F6N2+. The molecule has 1 unspecified atom stereocenters. The SMILES string of the molecule is C[N+]1(c2cc(F)ccc2-c2ccc(F)c(F)c2)C=[C]C(C(F)(F)F)=N1. The molecule has 0 spiro atoms. The van der Waals surface area contributed by atoms with Crippen molar-refractivity contribution in [3.05, 3.63) is 66.1 Å². The van der Waals surface area contributed by atoms with Crippen molar-refractivity contribution in [1.29, 1.82) is 0 Å². The first kappa shape index (κ1) is 17.2. The Hall–Kier alpha value is -2.61. The highest BCUT2D eigenvalue weighted by atomic mass is 19.4. The number of hydrogen-bond acceptors (Lipinski definition) is 1. The average Bonchev–Trinajstić information content (AvgIpc) is 2.94. The topological polar surface area (TPSA) is 12.4 Å². The predicted molar refractivity (Wildman–Crippen MR) is 80.8 cm³/mol. The summed E-state index contributed by atoms with van der Waals surface area (Å²) in [4.78, 5) is 0. The first-order chi connectivity index (χ1) is 11.6. The van der Waals surface area contributed by atoms with Crippen molar-refractivity contribution >= 4 is 11.4 Å². The van der Waals surface area contributed by atoms with Gasteiger partial charge in [0.05, 0.1) is 6.08 Å². The van der Waals surface area contributed by atoms with Gasteiger partial charge in [-0.25, -0.2) is 13.2 Å². The van der Waals surface area contributed by atoms with Gasteiger partial charge in [0.25, 0.3) is 0 Å². The number of halogens is 6.